The number of hydrogen-bond donors (Lipinski definition) is 2. The average Bonchev–Trinajstić information content (AvgIpc) is 2.29. The van der Waals surface area contributed by atoms with Crippen LogP contribution >= 0.6 is 12.4 Å². The van der Waals surface area contributed by atoms with E-state index >= 15 is 0 Å². The van der Waals surface area contributed by atoms with Gasteiger partial charge in [-0.15, -0.1) is 25.6 Å². The van der Waals surface area contributed by atoms with Gasteiger partial charge in [0.05, 0.1) is 0 Å². The van der Waals surface area contributed by atoms with Gasteiger partial charge in [-0.1, -0.05) is 24.3 Å². The monoisotopic (exact) mass is 253 g/mol. The molecule has 1 rings (SSSR count). The molecule has 0 aliphatic carbocycles. The van der Waals surface area contributed by atoms with Gasteiger partial charge in [-0.25, -0.2) is 0 Å². The smallest absolute Gasteiger partial charge is 0.115 e. The van der Waals surface area contributed by atoms with Crippen molar-refractivity contribution >= 4 is 12.4 Å². The predicted octanol–water partition coefficient (Wildman–Crippen LogP) is 3.16. The Balaban J connectivity index is 0.00000256. The normalized spacial score (nSPS) is 10.4. The molecule has 2 nitrogen and oxygen atoms in total. The highest BCUT2D eigenvalue weighted by atomic mass is 35.5. The third-order valence-corrected chi connectivity index (χ3v) is 2.94. The molecule has 0 saturated heterocycles. The molecular formula is C14H20ClNO. The predicted molar refractivity (Wildman–Crippen MR) is 75.7 cm³/mol. The number of phenolic OH excluding ortho intramolecular Hbond substituents is 1. The van der Waals surface area contributed by atoms with Crippen LogP contribution in [0, 0.1) is 0 Å². The fourth-order valence-corrected chi connectivity index (χ4v) is 1.97. The van der Waals surface area contributed by atoms with E-state index in [-0.39, 0.29) is 23.6 Å². The van der Waals surface area contributed by atoms with Gasteiger partial charge in [0.1, 0.15) is 5.75 Å². The van der Waals surface area contributed by atoms with Gasteiger partial charge in [0.25, 0.3) is 0 Å². The van der Waals surface area contributed by atoms with Crippen LogP contribution in [0.15, 0.2) is 49.6 Å². The number of rotatable bonds is 6. The minimum absolute atomic E-state index is 0. The van der Waals surface area contributed by atoms with Crippen LogP contribution in [-0.4, -0.2) is 11.7 Å². The van der Waals surface area contributed by atoms with E-state index in [0.29, 0.717) is 6.54 Å². The molecule has 0 atom stereocenters. The van der Waals surface area contributed by atoms with Gasteiger partial charge >= 0.3 is 0 Å². The largest absolute Gasteiger partial charge is 0.508 e. The van der Waals surface area contributed by atoms with Crippen molar-refractivity contribution in [1.82, 2.24) is 0 Å². The highest BCUT2D eigenvalue weighted by molar-refractivity contribution is 5.85. The van der Waals surface area contributed by atoms with E-state index in [1.54, 1.807) is 12.1 Å². The summed E-state index contributed by atoms with van der Waals surface area (Å²) in [6, 6.07) is 7.20. The minimum atomic E-state index is -0.142. The third kappa shape index (κ3) is 3.62. The number of nitrogens with two attached hydrogens (primary N) is 1. The number of aromatic hydroxyl groups is 1. The lowest BCUT2D eigenvalue weighted by Gasteiger charge is -2.31. The van der Waals surface area contributed by atoms with E-state index in [2.05, 4.69) is 13.2 Å². The van der Waals surface area contributed by atoms with Gasteiger partial charge in [-0.2, -0.15) is 0 Å². The lowest BCUT2D eigenvalue weighted by Crippen LogP contribution is -2.34. The molecule has 0 spiro atoms. The van der Waals surface area contributed by atoms with E-state index < -0.39 is 0 Å². The van der Waals surface area contributed by atoms with E-state index in [9.17, 15) is 5.11 Å². The second kappa shape index (κ2) is 7.15. The SMILES string of the molecule is C=CCC(CN)(CC=C)c1ccc(O)cc1.Cl. The lowest BCUT2D eigenvalue weighted by atomic mass is 9.75. The van der Waals surface area contributed by atoms with Gasteiger partial charge in [-0.05, 0) is 30.5 Å². The van der Waals surface area contributed by atoms with Crippen LogP contribution in [0.25, 0.3) is 0 Å². The van der Waals surface area contributed by atoms with Crippen LogP contribution < -0.4 is 5.73 Å². The van der Waals surface area contributed by atoms with Gasteiger partial charge in [-0.3, -0.25) is 0 Å². The molecule has 94 valence electrons. The summed E-state index contributed by atoms with van der Waals surface area (Å²) in [5, 5.41) is 9.28. The van der Waals surface area contributed by atoms with Crippen molar-refractivity contribution in [3.63, 3.8) is 0 Å². The van der Waals surface area contributed by atoms with Crippen molar-refractivity contribution in [3.05, 3.63) is 55.1 Å². The number of halogens is 1. The minimum Gasteiger partial charge on any atom is -0.508 e. The van der Waals surface area contributed by atoms with Crippen LogP contribution in [0.5, 0.6) is 5.75 Å². The Morgan fingerprint density at radius 1 is 1.12 bits per heavy atom. The molecule has 0 bridgehead atoms. The van der Waals surface area contributed by atoms with Crippen molar-refractivity contribution in [2.24, 2.45) is 5.73 Å². The molecule has 0 amide bonds. The van der Waals surface area contributed by atoms with Crippen LogP contribution in [-0.2, 0) is 5.41 Å². The molecule has 1 aromatic carbocycles. The second-order valence-corrected chi connectivity index (χ2v) is 4.02. The quantitative estimate of drug-likeness (QED) is 0.765. The zero-order valence-corrected chi connectivity index (χ0v) is 10.7. The molecule has 17 heavy (non-hydrogen) atoms. The highest BCUT2D eigenvalue weighted by Gasteiger charge is 2.27. The van der Waals surface area contributed by atoms with Crippen LogP contribution in [0.3, 0.4) is 0 Å². The first-order valence-corrected chi connectivity index (χ1v) is 5.40. The maximum atomic E-state index is 9.28. The third-order valence-electron chi connectivity index (χ3n) is 2.94. The molecule has 0 heterocycles. The van der Waals surface area contributed by atoms with E-state index in [4.69, 9.17) is 5.73 Å². The number of allylic oxidation sites excluding steroid dienone is 2. The topological polar surface area (TPSA) is 46.2 Å². The summed E-state index contributed by atoms with van der Waals surface area (Å²) >= 11 is 0. The summed E-state index contributed by atoms with van der Waals surface area (Å²) in [6.45, 7) is 8.10. The molecule has 0 aliphatic heterocycles. The first-order chi connectivity index (χ1) is 7.68. The lowest BCUT2D eigenvalue weighted by molar-refractivity contribution is 0.444. The Labute approximate surface area is 109 Å². The fraction of sp³-hybridized carbons (Fsp3) is 0.286. The van der Waals surface area contributed by atoms with Crippen molar-refractivity contribution < 1.29 is 5.11 Å². The molecule has 0 fully saturated rings. The van der Waals surface area contributed by atoms with E-state index in [1.807, 2.05) is 24.3 Å². The van der Waals surface area contributed by atoms with Crippen molar-refractivity contribution in [2.75, 3.05) is 6.54 Å². The number of hydrogen-bond acceptors (Lipinski definition) is 2. The Morgan fingerprint density at radius 3 is 1.94 bits per heavy atom. The number of benzene rings is 1. The first-order valence-electron chi connectivity index (χ1n) is 5.40. The molecule has 0 radical (unpaired) electrons. The summed E-state index contributed by atoms with van der Waals surface area (Å²) < 4.78 is 0. The fourth-order valence-electron chi connectivity index (χ4n) is 1.97. The molecule has 3 heteroatoms. The molecule has 0 saturated carbocycles. The van der Waals surface area contributed by atoms with Crippen molar-refractivity contribution in [1.29, 1.82) is 0 Å². The van der Waals surface area contributed by atoms with Crippen LogP contribution in [0.2, 0.25) is 0 Å². The van der Waals surface area contributed by atoms with Gasteiger partial charge in [0, 0.05) is 12.0 Å². The maximum Gasteiger partial charge on any atom is 0.115 e. The molecule has 0 unspecified atom stereocenters. The maximum absolute atomic E-state index is 9.28. The molecule has 3 N–H and O–H groups in total. The van der Waals surface area contributed by atoms with Crippen LogP contribution in [0.4, 0.5) is 0 Å². The van der Waals surface area contributed by atoms with Crippen molar-refractivity contribution in [3.8, 4) is 5.75 Å². The standard InChI is InChI=1S/C14H19NO.ClH/c1-3-9-14(11-15,10-4-2)12-5-7-13(16)8-6-12;/h3-8,16H,1-2,9-11,15H2;1H. The Hall–Kier alpha value is -1.25. The molecule has 1 aromatic rings. The summed E-state index contributed by atoms with van der Waals surface area (Å²) in [5.74, 6) is 0.270. The Kier molecular flexibility index (Phi) is 6.62. The molecule has 0 aliphatic rings. The summed E-state index contributed by atoms with van der Waals surface area (Å²) in [7, 11) is 0. The van der Waals surface area contributed by atoms with Crippen LogP contribution in [0.1, 0.15) is 18.4 Å². The Bertz CT molecular complexity index is 349. The Morgan fingerprint density at radius 2 is 1.59 bits per heavy atom. The summed E-state index contributed by atoms with van der Waals surface area (Å²) in [5.41, 5.74) is 6.87. The molecular weight excluding hydrogens is 234 g/mol. The van der Waals surface area contributed by atoms with Gasteiger partial charge in [0.15, 0.2) is 0 Å². The summed E-state index contributed by atoms with van der Waals surface area (Å²) in [4.78, 5) is 0. The second-order valence-electron chi connectivity index (χ2n) is 4.02. The van der Waals surface area contributed by atoms with Gasteiger partial charge < -0.3 is 10.8 Å². The average molecular weight is 254 g/mol. The van der Waals surface area contributed by atoms with Gasteiger partial charge in [0.2, 0.25) is 0 Å². The zero-order valence-electron chi connectivity index (χ0n) is 9.93. The van der Waals surface area contributed by atoms with E-state index in [1.165, 1.54) is 0 Å². The van der Waals surface area contributed by atoms with E-state index in [0.717, 1.165) is 18.4 Å². The zero-order chi connectivity index (χ0) is 12.0. The highest BCUT2D eigenvalue weighted by Crippen LogP contribution is 2.32. The summed E-state index contributed by atoms with van der Waals surface area (Å²) in [6.07, 6.45) is 5.37. The molecule has 0 aromatic heterocycles. The first kappa shape index (κ1) is 15.8. The number of phenols is 1. The van der Waals surface area contributed by atoms with Crippen molar-refractivity contribution in [2.45, 2.75) is 18.3 Å².